The van der Waals surface area contributed by atoms with Crippen molar-refractivity contribution in [2.45, 2.75) is 45.9 Å². The van der Waals surface area contributed by atoms with Crippen LogP contribution >= 0.6 is 0 Å². The SMILES string of the molecule is CC(C)(C)OC(=O)NCCn1ccc(CNC(=O)c2ccc(-c3ccn[nH]3)nc2NCCc2cccc(F)c2)n1. The number of hydrogen-bond acceptors (Lipinski definition) is 7. The van der Waals surface area contributed by atoms with Crippen molar-refractivity contribution in [1.29, 1.82) is 0 Å². The number of ether oxygens (including phenoxy) is 1. The number of aromatic amines is 1. The molecular weight excluding hydrogens is 515 g/mol. The van der Waals surface area contributed by atoms with Crippen LogP contribution in [0.3, 0.4) is 0 Å². The molecule has 0 spiro atoms. The fourth-order valence-electron chi connectivity index (χ4n) is 3.82. The number of carbonyl (C=O) groups excluding carboxylic acids is 2. The first-order valence-corrected chi connectivity index (χ1v) is 12.9. The van der Waals surface area contributed by atoms with E-state index in [-0.39, 0.29) is 18.3 Å². The number of alkyl carbamates (subject to hydrolysis) is 1. The van der Waals surface area contributed by atoms with Gasteiger partial charge in [0, 0.05) is 25.5 Å². The quantitative estimate of drug-likeness (QED) is 0.223. The minimum Gasteiger partial charge on any atom is -0.444 e. The maximum Gasteiger partial charge on any atom is 0.407 e. The Morgan fingerprint density at radius 3 is 2.67 bits per heavy atom. The van der Waals surface area contributed by atoms with Gasteiger partial charge in [0.1, 0.15) is 17.2 Å². The lowest BCUT2D eigenvalue weighted by atomic mass is 10.1. The molecule has 0 aliphatic carbocycles. The van der Waals surface area contributed by atoms with Crippen LogP contribution in [0.15, 0.2) is 60.9 Å². The molecule has 0 bridgehead atoms. The van der Waals surface area contributed by atoms with Gasteiger partial charge in [-0.1, -0.05) is 12.1 Å². The summed E-state index contributed by atoms with van der Waals surface area (Å²) in [5, 5.41) is 20.1. The minimum atomic E-state index is -0.563. The zero-order valence-electron chi connectivity index (χ0n) is 22.7. The maximum atomic E-state index is 13.5. The second-order valence-corrected chi connectivity index (χ2v) is 10.1. The first kappa shape index (κ1) is 28.3. The molecule has 0 saturated heterocycles. The van der Waals surface area contributed by atoms with E-state index < -0.39 is 11.7 Å². The number of amides is 2. The second kappa shape index (κ2) is 12.9. The standard InChI is InChI=1S/C28H33FN8O3/c1-28(2,3)40-27(39)31-14-16-37-15-11-21(36-37)18-32-26(38)22-7-8-23(24-10-13-33-35-24)34-25(22)30-12-9-19-5-4-6-20(29)17-19/h4-8,10-11,13,15,17H,9,12,14,16,18H2,1-3H3,(H,30,34)(H,31,39)(H,32,38)(H,33,35). The van der Waals surface area contributed by atoms with Gasteiger partial charge in [-0.3, -0.25) is 14.6 Å². The van der Waals surface area contributed by atoms with Crippen molar-refractivity contribution >= 4 is 17.8 Å². The Hall–Kier alpha value is -4.74. The topological polar surface area (TPSA) is 139 Å². The number of aromatic nitrogens is 5. The number of halogens is 1. The molecule has 210 valence electrons. The van der Waals surface area contributed by atoms with Crippen molar-refractivity contribution in [2.24, 2.45) is 0 Å². The predicted octanol–water partition coefficient (Wildman–Crippen LogP) is 3.92. The normalized spacial score (nSPS) is 11.2. The van der Waals surface area contributed by atoms with Crippen molar-refractivity contribution in [2.75, 3.05) is 18.4 Å². The monoisotopic (exact) mass is 548 g/mol. The number of hydrogen-bond donors (Lipinski definition) is 4. The third kappa shape index (κ3) is 8.38. The smallest absolute Gasteiger partial charge is 0.407 e. The highest BCUT2D eigenvalue weighted by Crippen LogP contribution is 2.21. The average molecular weight is 549 g/mol. The lowest BCUT2D eigenvalue weighted by molar-refractivity contribution is 0.0525. The van der Waals surface area contributed by atoms with E-state index in [0.29, 0.717) is 54.5 Å². The lowest BCUT2D eigenvalue weighted by Gasteiger charge is -2.19. The highest BCUT2D eigenvalue weighted by molar-refractivity contribution is 5.99. The Labute approximate surface area is 231 Å². The number of nitrogens with one attached hydrogen (secondary N) is 4. The number of benzene rings is 1. The van der Waals surface area contributed by atoms with Crippen LogP contribution in [0.2, 0.25) is 0 Å². The highest BCUT2D eigenvalue weighted by Gasteiger charge is 2.17. The molecule has 4 aromatic rings. The zero-order chi connectivity index (χ0) is 28.5. The molecule has 0 fully saturated rings. The summed E-state index contributed by atoms with van der Waals surface area (Å²) in [6, 6.07) is 13.4. The molecule has 0 atom stereocenters. The van der Waals surface area contributed by atoms with Crippen LogP contribution in [0.4, 0.5) is 15.0 Å². The highest BCUT2D eigenvalue weighted by atomic mass is 19.1. The summed E-state index contributed by atoms with van der Waals surface area (Å²) in [7, 11) is 0. The minimum absolute atomic E-state index is 0.205. The summed E-state index contributed by atoms with van der Waals surface area (Å²) in [6.07, 6.45) is 3.47. The molecule has 11 nitrogen and oxygen atoms in total. The summed E-state index contributed by atoms with van der Waals surface area (Å²) in [5.74, 6) is -0.212. The molecule has 3 heterocycles. The molecule has 0 aliphatic rings. The molecule has 0 aliphatic heterocycles. The predicted molar refractivity (Wildman–Crippen MR) is 148 cm³/mol. The Balaban J connectivity index is 1.35. The van der Waals surface area contributed by atoms with E-state index in [2.05, 4.69) is 36.2 Å². The summed E-state index contributed by atoms with van der Waals surface area (Å²) in [5.41, 5.74) is 2.64. The van der Waals surface area contributed by atoms with E-state index >= 15 is 0 Å². The molecule has 40 heavy (non-hydrogen) atoms. The first-order chi connectivity index (χ1) is 19.2. The van der Waals surface area contributed by atoms with Gasteiger partial charge in [0.15, 0.2) is 0 Å². The van der Waals surface area contributed by atoms with Gasteiger partial charge in [0.2, 0.25) is 0 Å². The molecule has 0 saturated carbocycles. The summed E-state index contributed by atoms with van der Waals surface area (Å²) in [6.45, 7) is 6.86. The molecular formula is C28H33FN8O3. The van der Waals surface area contributed by atoms with E-state index in [9.17, 15) is 14.0 Å². The Kier molecular flexibility index (Phi) is 9.10. The number of H-pyrrole nitrogens is 1. The van der Waals surface area contributed by atoms with Crippen molar-refractivity contribution in [3.63, 3.8) is 0 Å². The van der Waals surface area contributed by atoms with Crippen molar-refractivity contribution < 1.29 is 18.7 Å². The van der Waals surface area contributed by atoms with Gasteiger partial charge >= 0.3 is 6.09 Å². The summed E-state index contributed by atoms with van der Waals surface area (Å²) in [4.78, 5) is 29.6. The molecule has 1 aromatic carbocycles. The van der Waals surface area contributed by atoms with Gasteiger partial charge in [-0.05, 0) is 69.2 Å². The third-order valence-corrected chi connectivity index (χ3v) is 5.65. The van der Waals surface area contributed by atoms with E-state index in [4.69, 9.17) is 4.74 Å². The number of anilines is 1. The average Bonchev–Trinajstić information content (AvgIpc) is 3.59. The number of pyridine rings is 1. The lowest BCUT2D eigenvalue weighted by Crippen LogP contribution is -2.34. The Bertz CT molecular complexity index is 1430. The maximum absolute atomic E-state index is 13.5. The number of rotatable bonds is 11. The van der Waals surface area contributed by atoms with Gasteiger partial charge in [-0.15, -0.1) is 0 Å². The van der Waals surface area contributed by atoms with Crippen molar-refractivity contribution in [1.82, 2.24) is 35.6 Å². The van der Waals surface area contributed by atoms with Crippen LogP contribution < -0.4 is 16.0 Å². The molecule has 0 radical (unpaired) electrons. The fourth-order valence-corrected chi connectivity index (χ4v) is 3.82. The fraction of sp³-hybridized carbons (Fsp3) is 0.321. The summed E-state index contributed by atoms with van der Waals surface area (Å²) < 4.78 is 20.4. The van der Waals surface area contributed by atoms with Crippen LogP contribution in [0, 0.1) is 5.82 Å². The molecule has 12 heteroatoms. The van der Waals surface area contributed by atoms with Gasteiger partial charge in [0.25, 0.3) is 5.91 Å². The van der Waals surface area contributed by atoms with Gasteiger partial charge < -0.3 is 20.7 Å². The Morgan fingerprint density at radius 1 is 1.07 bits per heavy atom. The van der Waals surface area contributed by atoms with Crippen molar-refractivity contribution in [3.05, 3.63) is 83.6 Å². The molecule has 0 unspecified atom stereocenters. The van der Waals surface area contributed by atoms with Gasteiger partial charge in [-0.25, -0.2) is 14.2 Å². The van der Waals surface area contributed by atoms with Crippen LogP contribution in [-0.4, -0.2) is 55.7 Å². The van der Waals surface area contributed by atoms with E-state index in [1.54, 1.807) is 68.2 Å². The molecule has 4 N–H and O–H groups in total. The molecule has 4 rings (SSSR count). The van der Waals surface area contributed by atoms with Crippen molar-refractivity contribution in [3.8, 4) is 11.4 Å². The summed E-state index contributed by atoms with van der Waals surface area (Å²) >= 11 is 0. The third-order valence-electron chi connectivity index (χ3n) is 5.65. The van der Waals surface area contributed by atoms with E-state index in [1.807, 2.05) is 6.07 Å². The first-order valence-electron chi connectivity index (χ1n) is 12.9. The number of carbonyl (C=O) groups is 2. The van der Waals surface area contributed by atoms with Crippen LogP contribution in [0.25, 0.3) is 11.4 Å². The largest absolute Gasteiger partial charge is 0.444 e. The van der Waals surface area contributed by atoms with Crippen LogP contribution in [-0.2, 0) is 24.2 Å². The molecule has 3 aromatic heterocycles. The van der Waals surface area contributed by atoms with Crippen LogP contribution in [0.1, 0.15) is 42.4 Å². The van der Waals surface area contributed by atoms with Gasteiger partial charge in [0.05, 0.1) is 35.7 Å². The zero-order valence-corrected chi connectivity index (χ0v) is 22.7. The van der Waals surface area contributed by atoms with E-state index in [1.165, 1.54) is 12.1 Å². The van der Waals surface area contributed by atoms with Gasteiger partial charge in [-0.2, -0.15) is 10.2 Å². The van der Waals surface area contributed by atoms with Crippen LogP contribution in [0.5, 0.6) is 0 Å². The number of nitrogens with zero attached hydrogens (tertiary/aromatic N) is 4. The Morgan fingerprint density at radius 2 is 1.93 bits per heavy atom. The molecule has 2 amide bonds. The van der Waals surface area contributed by atoms with E-state index in [0.717, 1.165) is 5.56 Å². The second-order valence-electron chi connectivity index (χ2n) is 10.1.